The molecule has 1 aromatic heterocycles. The van der Waals surface area contributed by atoms with E-state index in [0.717, 1.165) is 21.0 Å². The lowest BCUT2D eigenvalue weighted by atomic mass is 10.2. The van der Waals surface area contributed by atoms with E-state index in [1.54, 1.807) is 11.8 Å². The number of nitrogens with two attached hydrogens (primary N) is 1. The zero-order valence-electron chi connectivity index (χ0n) is 10.2. The van der Waals surface area contributed by atoms with Crippen molar-refractivity contribution in [1.82, 2.24) is 4.98 Å². The topological polar surface area (TPSA) is 65.7 Å². The number of H-pyrrole nitrogens is 1. The van der Waals surface area contributed by atoms with E-state index in [4.69, 9.17) is 11.1 Å². The van der Waals surface area contributed by atoms with Crippen molar-refractivity contribution in [2.45, 2.75) is 9.92 Å². The van der Waals surface area contributed by atoms with Gasteiger partial charge in [0.25, 0.3) is 0 Å². The summed E-state index contributed by atoms with van der Waals surface area (Å²) in [5.41, 5.74) is 7.33. The molecule has 3 nitrogen and oxygen atoms in total. The Labute approximate surface area is 115 Å². The Morgan fingerprint density at radius 2 is 1.79 bits per heavy atom. The number of benzene rings is 2. The summed E-state index contributed by atoms with van der Waals surface area (Å²) >= 11 is 1.67. The number of aromatic amines is 1. The third-order valence-corrected chi connectivity index (χ3v) is 3.85. The zero-order valence-corrected chi connectivity index (χ0v) is 11.0. The van der Waals surface area contributed by atoms with Crippen molar-refractivity contribution in [3.05, 3.63) is 60.2 Å². The molecule has 0 spiro atoms. The molecule has 4 heteroatoms. The van der Waals surface area contributed by atoms with Gasteiger partial charge >= 0.3 is 0 Å². The van der Waals surface area contributed by atoms with Gasteiger partial charge in [0.2, 0.25) is 0 Å². The van der Waals surface area contributed by atoms with Gasteiger partial charge in [-0.2, -0.15) is 0 Å². The van der Waals surface area contributed by atoms with Crippen LogP contribution >= 0.6 is 11.8 Å². The lowest BCUT2D eigenvalue weighted by molar-refractivity contribution is 1.23. The molecule has 0 saturated carbocycles. The molecule has 0 aliphatic carbocycles. The number of hydrogen-bond acceptors (Lipinski definition) is 2. The molecule has 0 bridgehead atoms. The first-order chi connectivity index (χ1) is 9.22. The minimum atomic E-state index is 0.0992. The van der Waals surface area contributed by atoms with E-state index in [9.17, 15) is 0 Å². The molecule has 3 aromatic rings. The lowest BCUT2D eigenvalue weighted by Gasteiger charge is -2.01. The number of hydrogen-bond donors (Lipinski definition) is 3. The molecule has 4 N–H and O–H groups in total. The zero-order chi connectivity index (χ0) is 13.2. The molecule has 0 fully saturated rings. The Morgan fingerprint density at radius 3 is 2.47 bits per heavy atom. The van der Waals surface area contributed by atoms with Gasteiger partial charge in [-0.05, 0) is 24.3 Å². The average Bonchev–Trinajstić information content (AvgIpc) is 2.81. The third kappa shape index (κ3) is 2.48. The van der Waals surface area contributed by atoms with Crippen molar-refractivity contribution < 1.29 is 0 Å². The van der Waals surface area contributed by atoms with Gasteiger partial charge in [-0.15, -0.1) is 0 Å². The van der Waals surface area contributed by atoms with E-state index >= 15 is 0 Å². The van der Waals surface area contributed by atoms with Crippen molar-refractivity contribution in [2.24, 2.45) is 5.73 Å². The normalized spacial score (nSPS) is 10.7. The number of nitrogens with one attached hydrogen (secondary N) is 2. The van der Waals surface area contributed by atoms with E-state index in [2.05, 4.69) is 23.2 Å². The fourth-order valence-electron chi connectivity index (χ4n) is 1.93. The summed E-state index contributed by atoms with van der Waals surface area (Å²) in [5, 5.41) is 9.69. The predicted molar refractivity (Wildman–Crippen MR) is 79.9 cm³/mol. The summed E-state index contributed by atoms with van der Waals surface area (Å²) < 4.78 is 0. The Morgan fingerprint density at radius 1 is 1.05 bits per heavy atom. The monoisotopic (exact) mass is 267 g/mol. The lowest BCUT2D eigenvalue weighted by Crippen LogP contribution is -2.10. The average molecular weight is 267 g/mol. The number of rotatable bonds is 3. The Balaban J connectivity index is 1.86. The summed E-state index contributed by atoms with van der Waals surface area (Å²) in [6, 6.07) is 18.0. The minimum absolute atomic E-state index is 0.0992. The summed E-state index contributed by atoms with van der Waals surface area (Å²) in [4.78, 5) is 4.50. The van der Waals surface area contributed by atoms with Crippen LogP contribution in [-0.2, 0) is 0 Å². The third-order valence-electron chi connectivity index (χ3n) is 2.90. The SMILES string of the molecule is N=C(N)c1ccc(Sc2cc3ccccc3[nH]2)cc1. The number of para-hydroxylation sites is 1. The summed E-state index contributed by atoms with van der Waals surface area (Å²) in [6.07, 6.45) is 0. The highest BCUT2D eigenvalue weighted by atomic mass is 32.2. The molecule has 94 valence electrons. The molecular formula is C15H13N3S. The minimum Gasteiger partial charge on any atom is -0.384 e. The van der Waals surface area contributed by atoms with Crippen LogP contribution in [0.3, 0.4) is 0 Å². The first kappa shape index (κ1) is 11.9. The summed E-state index contributed by atoms with van der Waals surface area (Å²) in [6.45, 7) is 0. The van der Waals surface area contributed by atoms with E-state index in [-0.39, 0.29) is 5.84 Å². The van der Waals surface area contributed by atoms with Gasteiger partial charge in [0.15, 0.2) is 0 Å². The molecule has 19 heavy (non-hydrogen) atoms. The van der Waals surface area contributed by atoms with E-state index < -0.39 is 0 Å². The highest BCUT2D eigenvalue weighted by Crippen LogP contribution is 2.29. The second-order valence-electron chi connectivity index (χ2n) is 4.26. The molecule has 0 aliphatic heterocycles. The van der Waals surface area contributed by atoms with Crippen LogP contribution in [0.5, 0.6) is 0 Å². The van der Waals surface area contributed by atoms with Gasteiger partial charge in [-0.25, -0.2) is 0 Å². The van der Waals surface area contributed by atoms with Gasteiger partial charge < -0.3 is 10.7 Å². The quantitative estimate of drug-likeness (QED) is 0.501. The van der Waals surface area contributed by atoms with Gasteiger partial charge in [0, 0.05) is 21.4 Å². The van der Waals surface area contributed by atoms with Crippen molar-refractivity contribution >= 4 is 28.5 Å². The van der Waals surface area contributed by atoms with Crippen LogP contribution in [0.25, 0.3) is 10.9 Å². The summed E-state index contributed by atoms with van der Waals surface area (Å²) in [5.74, 6) is 0.0992. The van der Waals surface area contributed by atoms with Crippen molar-refractivity contribution in [1.29, 1.82) is 5.41 Å². The van der Waals surface area contributed by atoms with Crippen molar-refractivity contribution in [2.75, 3.05) is 0 Å². The summed E-state index contributed by atoms with van der Waals surface area (Å²) in [7, 11) is 0. The molecular weight excluding hydrogens is 254 g/mol. The first-order valence-corrected chi connectivity index (χ1v) is 6.74. The van der Waals surface area contributed by atoms with Crippen LogP contribution in [0.2, 0.25) is 0 Å². The highest BCUT2D eigenvalue weighted by Gasteiger charge is 2.03. The van der Waals surface area contributed by atoms with E-state index in [1.807, 2.05) is 36.4 Å². The maximum Gasteiger partial charge on any atom is 0.122 e. The Hall–Kier alpha value is -2.20. The van der Waals surface area contributed by atoms with E-state index in [0.29, 0.717) is 0 Å². The van der Waals surface area contributed by atoms with Crippen molar-refractivity contribution in [3.63, 3.8) is 0 Å². The Bertz CT molecular complexity index is 695. The van der Waals surface area contributed by atoms with Gasteiger partial charge in [0.05, 0.1) is 5.03 Å². The molecule has 2 aromatic carbocycles. The van der Waals surface area contributed by atoms with Crippen LogP contribution in [-0.4, -0.2) is 10.8 Å². The number of aromatic nitrogens is 1. The molecule has 3 rings (SSSR count). The standard InChI is InChI=1S/C15H13N3S/c16-15(17)10-5-7-12(8-6-10)19-14-9-11-3-1-2-4-13(11)18-14/h1-9,18H,(H3,16,17). The predicted octanol–water partition coefficient (Wildman–Crippen LogP) is 3.60. The fraction of sp³-hybridized carbons (Fsp3) is 0. The number of amidine groups is 1. The molecule has 1 heterocycles. The number of fused-ring (bicyclic) bond motifs is 1. The maximum atomic E-state index is 7.36. The van der Waals surface area contributed by atoms with Gasteiger partial charge in [-0.1, -0.05) is 42.1 Å². The molecule has 0 unspecified atom stereocenters. The molecule has 0 atom stereocenters. The van der Waals surface area contributed by atoms with Crippen LogP contribution in [0.4, 0.5) is 0 Å². The van der Waals surface area contributed by atoms with Crippen LogP contribution in [0.1, 0.15) is 5.56 Å². The van der Waals surface area contributed by atoms with E-state index in [1.165, 1.54) is 5.39 Å². The van der Waals surface area contributed by atoms with Crippen LogP contribution in [0, 0.1) is 5.41 Å². The van der Waals surface area contributed by atoms with Crippen LogP contribution < -0.4 is 5.73 Å². The largest absolute Gasteiger partial charge is 0.384 e. The molecule has 0 saturated heterocycles. The first-order valence-electron chi connectivity index (χ1n) is 5.92. The fourth-order valence-corrected chi connectivity index (χ4v) is 2.80. The second kappa shape index (κ2) is 4.82. The van der Waals surface area contributed by atoms with Crippen molar-refractivity contribution in [3.8, 4) is 0 Å². The Kier molecular flexibility index (Phi) is 3.01. The molecule has 0 radical (unpaired) electrons. The van der Waals surface area contributed by atoms with Gasteiger partial charge in [0.1, 0.15) is 5.84 Å². The smallest absolute Gasteiger partial charge is 0.122 e. The van der Waals surface area contributed by atoms with Gasteiger partial charge in [-0.3, -0.25) is 5.41 Å². The second-order valence-corrected chi connectivity index (χ2v) is 5.38. The molecule has 0 aliphatic rings. The molecule has 0 amide bonds. The van der Waals surface area contributed by atoms with Crippen LogP contribution in [0.15, 0.2) is 64.5 Å². The number of nitrogen functional groups attached to an aromatic ring is 1. The highest BCUT2D eigenvalue weighted by molar-refractivity contribution is 7.99. The maximum absolute atomic E-state index is 7.36.